The summed E-state index contributed by atoms with van der Waals surface area (Å²) >= 11 is 0. The van der Waals surface area contributed by atoms with Gasteiger partial charge in [-0.15, -0.1) is 0 Å². The molecule has 0 aliphatic heterocycles. The molecule has 2 heterocycles. The summed E-state index contributed by atoms with van der Waals surface area (Å²) in [5, 5.41) is 0. The van der Waals surface area contributed by atoms with Crippen molar-refractivity contribution in [1.82, 2.24) is 9.97 Å². The van der Waals surface area contributed by atoms with Crippen LogP contribution < -0.4 is 0 Å². The molecule has 2 aromatic rings. The minimum Gasteiger partial charge on any atom is -0.265 e. The first-order valence-electron chi connectivity index (χ1n) is 3.70. The molecule has 0 aromatic carbocycles. The van der Waals surface area contributed by atoms with Gasteiger partial charge in [0.2, 0.25) is 0 Å². The molecule has 0 N–H and O–H groups in total. The standard InChI is InChI=1S/2C5H5N.Zn/c2*1-2-4-6-5-3-1;/h2*1-5H;. The van der Waals surface area contributed by atoms with Gasteiger partial charge in [-0.25, -0.2) is 0 Å². The van der Waals surface area contributed by atoms with E-state index in [0.717, 1.165) is 0 Å². The summed E-state index contributed by atoms with van der Waals surface area (Å²) in [4.78, 5) is 7.57. The molecule has 0 saturated heterocycles. The van der Waals surface area contributed by atoms with Crippen LogP contribution in [0.1, 0.15) is 0 Å². The van der Waals surface area contributed by atoms with Gasteiger partial charge >= 0.3 is 0 Å². The van der Waals surface area contributed by atoms with Crippen LogP contribution >= 0.6 is 0 Å². The molecule has 0 radical (unpaired) electrons. The summed E-state index contributed by atoms with van der Waals surface area (Å²) in [5.74, 6) is 0. The zero-order valence-corrected chi connectivity index (χ0v) is 10.3. The third kappa shape index (κ3) is 7.29. The number of hydrogen-bond donors (Lipinski definition) is 0. The molecule has 0 aliphatic carbocycles. The number of pyridine rings is 2. The van der Waals surface area contributed by atoms with Gasteiger partial charge in [0.05, 0.1) is 0 Å². The van der Waals surface area contributed by atoms with Crippen LogP contribution in [-0.2, 0) is 19.5 Å². The molecular weight excluding hydrogens is 214 g/mol. The largest absolute Gasteiger partial charge is 0.265 e. The SMILES string of the molecule is [Zn].c1ccncc1.c1ccncc1. The van der Waals surface area contributed by atoms with Crippen LogP contribution in [0.3, 0.4) is 0 Å². The van der Waals surface area contributed by atoms with E-state index in [-0.39, 0.29) is 19.5 Å². The van der Waals surface area contributed by atoms with E-state index in [1.54, 1.807) is 24.8 Å². The fraction of sp³-hybridized carbons (Fsp3) is 0. The van der Waals surface area contributed by atoms with E-state index < -0.39 is 0 Å². The summed E-state index contributed by atoms with van der Waals surface area (Å²) in [6.07, 6.45) is 7.00. The van der Waals surface area contributed by atoms with Gasteiger partial charge in [0, 0.05) is 44.3 Å². The number of aromatic nitrogens is 2. The third-order valence-electron chi connectivity index (χ3n) is 1.13. The Labute approximate surface area is 90.8 Å². The average Bonchev–Trinajstić information content (AvgIpc) is 2.24. The van der Waals surface area contributed by atoms with Crippen LogP contribution in [0.5, 0.6) is 0 Å². The summed E-state index contributed by atoms with van der Waals surface area (Å²) < 4.78 is 0. The third-order valence-corrected chi connectivity index (χ3v) is 1.13. The number of rotatable bonds is 0. The maximum atomic E-state index is 3.78. The molecule has 0 bridgehead atoms. The molecule has 0 spiro atoms. The molecule has 0 aliphatic rings. The van der Waals surface area contributed by atoms with Crippen molar-refractivity contribution in [3.8, 4) is 0 Å². The Morgan fingerprint density at radius 1 is 0.462 bits per heavy atom. The molecule has 0 amide bonds. The zero-order valence-electron chi connectivity index (χ0n) is 7.38. The first kappa shape index (κ1) is 11.9. The maximum absolute atomic E-state index is 3.78. The predicted molar refractivity (Wildman–Crippen MR) is 48.5 cm³/mol. The quantitative estimate of drug-likeness (QED) is 0.640. The van der Waals surface area contributed by atoms with Crippen molar-refractivity contribution < 1.29 is 19.5 Å². The van der Waals surface area contributed by atoms with E-state index in [9.17, 15) is 0 Å². The maximum Gasteiger partial charge on any atom is 0.0267 e. The van der Waals surface area contributed by atoms with E-state index in [1.165, 1.54) is 0 Å². The van der Waals surface area contributed by atoms with Gasteiger partial charge in [0.15, 0.2) is 0 Å². The van der Waals surface area contributed by atoms with Gasteiger partial charge < -0.3 is 0 Å². The second-order valence-corrected chi connectivity index (χ2v) is 2.05. The van der Waals surface area contributed by atoms with Crippen molar-refractivity contribution in [2.75, 3.05) is 0 Å². The van der Waals surface area contributed by atoms with Crippen molar-refractivity contribution >= 4 is 0 Å². The van der Waals surface area contributed by atoms with E-state index in [4.69, 9.17) is 0 Å². The predicted octanol–water partition coefficient (Wildman–Crippen LogP) is 2.16. The van der Waals surface area contributed by atoms with Gasteiger partial charge in [0.1, 0.15) is 0 Å². The molecule has 0 saturated carbocycles. The van der Waals surface area contributed by atoms with Crippen molar-refractivity contribution in [3.63, 3.8) is 0 Å². The van der Waals surface area contributed by atoms with Crippen LogP contribution in [0, 0.1) is 0 Å². The molecule has 2 nitrogen and oxygen atoms in total. The molecular formula is C10H10N2Zn. The second kappa shape index (κ2) is 9.01. The van der Waals surface area contributed by atoms with Crippen molar-refractivity contribution in [3.05, 3.63) is 61.2 Å². The first-order valence-corrected chi connectivity index (χ1v) is 3.70. The van der Waals surface area contributed by atoms with Crippen molar-refractivity contribution in [2.45, 2.75) is 0 Å². The van der Waals surface area contributed by atoms with Gasteiger partial charge in [0.25, 0.3) is 0 Å². The molecule has 0 unspecified atom stereocenters. The Kier molecular flexibility index (Phi) is 8.27. The number of nitrogens with zero attached hydrogens (tertiary/aromatic N) is 2. The van der Waals surface area contributed by atoms with E-state index in [0.29, 0.717) is 0 Å². The second-order valence-electron chi connectivity index (χ2n) is 2.05. The van der Waals surface area contributed by atoms with E-state index >= 15 is 0 Å². The van der Waals surface area contributed by atoms with E-state index in [1.807, 2.05) is 36.4 Å². The van der Waals surface area contributed by atoms with Crippen molar-refractivity contribution in [2.24, 2.45) is 0 Å². The van der Waals surface area contributed by atoms with Crippen LogP contribution in [0.25, 0.3) is 0 Å². The fourth-order valence-electron chi connectivity index (χ4n) is 0.625. The topological polar surface area (TPSA) is 25.8 Å². The minimum absolute atomic E-state index is 0. The Balaban J connectivity index is 0.000000206. The molecule has 2 aromatic heterocycles. The molecule has 3 heteroatoms. The molecule has 62 valence electrons. The van der Waals surface area contributed by atoms with Gasteiger partial charge in [-0.05, 0) is 24.3 Å². The van der Waals surface area contributed by atoms with Crippen LogP contribution in [0.15, 0.2) is 61.2 Å². The van der Waals surface area contributed by atoms with Crippen molar-refractivity contribution in [1.29, 1.82) is 0 Å². The number of hydrogen-bond acceptors (Lipinski definition) is 2. The monoisotopic (exact) mass is 222 g/mol. The Hall–Kier alpha value is -1.08. The normalized spacial score (nSPS) is 7.38. The smallest absolute Gasteiger partial charge is 0.0267 e. The summed E-state index contributed by atoms with van der Waals surface area (Å²) in [7, 11) is 0. The Morgan fingerprint density at radius 2 is 0.769 bits per heavy atom. The molecule has 0 fully saturated rings. The summed E-state index contributed by atoms with van der Waals surface area (Å²) in [6, 6.07) is 11.4. The molecule has 13 heavy (non-hydrogen) atoms. The van der Waals surface area contributed by atoms with E-state index in [2.05, 4.69) is 9.97 Å². The van der Waals surface area contributed by atoms with Gasteiger partial charge in [-0.2, -0.15) is 0 Å². The summed E-state index contributed by atoms with van der Waals surface area (Å²) in [6.45, 7) is 0. The average molecular weight is 224 g/mol. The zero-order chi connectivity index (χ0) is 8.49. The fourth-order valence-corrected chi connectivity index (χ4v) is 0.625. The Morgan fingerprint density at radius 3 is 0.846 bits per heavy atom. The Bertz CT molecular complexity index is 188. The molecule has 0 atom stereocenters. The van der Waals surface area contributed by atoms with Crippen LogP contribution in [-0.4, -0.2) is 9.97 Å². The minimum atomic E-state index is 0. The summed E-state index contributed by atoms with van der Waals surface area (Å²) in [5.41, 5.74) is 0. The molecule has 2 rings (SSSR count). The first-order chi connectivity index (χ1) is 6.00. The van der Waals surface area contributed by atoms with Crippen LogP contribution in [0.2, 0.25) is 0 Å². The van der Waals surface area contributed by atoms with Crippen LogP contribution in [0.4, 0.5) is 0 Å². The van der Waals surface area contributed by atoms with Gasteiger partial charge in [-0.1, -0.05) is 12.1 Å². The van der Waals surface area contributed by atoms with Gasteiger partial charge in [-0.3, -0.25) is 9.97 Å².